The molecular weight excluding hydrogens is 362 g/mol. The summed E-state index contributed by atoms with van der Waals surface area (Å²) in [6.45, 7) is 4.26. The van der Waals surface area contributed by atoms with Crippen LogP contribution in [0.15, 0.2) is 12.1 Å². The van der Waals surface area contributed by atoms with Crippen molar-refractivity contribution >= 4 is 5.91 Å². The fourth-order valence-corrected chi connectivity index (χ4v) is 5.76. The first-order valence-corrected chi connectivity index (χ1v) is 10.6. The Bertz CT molecular complexity index is 741. The Hall–Kier alpha value is -1.69. The third-order valence-electron chi connectivity index (χ3n) is 6.90. The molecule has 1 aromatic rings. The Morgan fingerprint density at radius 2 is 1.96 bits per heavy atom. The number of carbonyl (C=O) groups excluding carboxylic acids is 1. The lowest BCUT2D eigenvalue weighted by molar-refractivity contribution is -0.153. The highest BCUT2D eigenvalue weighted by Crippen LogP contribution is 2.43. The SMILES string of the molecule is CCC[C@H]1[C@H]2C[C@H](CN(Cc3ccc(OC)c(F)c3F)C2)[C@@H]2CCCC(=O)N21. The smallest absolute Gasteiger partial charge is 0.223 e. The van der Waals surface area contributed by atoms with Crippen LogP contribution in [-0.2, 0) is 11.3 Å². The van der Waals surface area contributed by atoms with Crippen LogP contribution in [0.3, 0.4) is 0 Å². The fourth-order valence-electron chi connectivity index (χ4n) is 5.76. The van der Waals surface area contributed by atoms with Gasteiger partial charge in [0.1, 0.15) is 0 Å². The molecule has 4 rings (SSSR count). The molecule has 2 bridgehead atoms. The molecule has 0 unspecified atom stereocenters. The number of piperidine rings is 3. The lowest BCUT2D eigenvalue weighted by atomic mass is 9.71. The summed E-state index contributed by atoms with van der Waals surface area (Å²) in [5, 5.41) is 0. The van der Waals surface area contributed by atoms with Crippen LogP contribution >= 0.6 is 0 Å². The number of fused-ring (bicyclic) bond motifs is 4. The van der Waals surface area contributed by atoms with Gasteiger partial charge in [0.25, 0.3) is 0 Å². The molecule has 0 spiro atoms. The fraction of sp³-hybridized carbons (Fsp3) is 0.682. The molecule has 6 heteroatoms. The number of carbonyl (C=O) groups is 1. The minimum atomic E-state index is -0.912. The van der Waals surface area contributed by atoms with Gasteiger partial charge in [-0.15, -0.1) is 0 Å². The Labute approximate surface area is 165 Å². The molecule has 0 aliphatic carbocycles. The standard InChI is InChI=1S/C22H30F2N2O2/c1-3-5-17-15-10-16(18-6-4-7-20(27)26(17)18)13-25(12-15)11-14-8-9-19(28-2)22(24)21(14)23/h8-9,15-18H,3-7,10-13H2,1-2H3/t15-,16+,17-,18-/m0/s1. The van der Waals surface area contributed by atoms with Crippen LogP contribution in [0.5, 0.6) is 5.75 Å². The van der Waals surface area contributed by atoms with E-state index in [0.717, 1.165) is 45.2 Å². The van der Waals surface area contributed by atoms with Gasteiger partial charge in [-0.2, -0.15) is 4.39 Å². The number of ether oxygens (including phenoxy) is 1. The summed E-state index contributed by atoms with van der Waals surface area (Å²) in [6, 6.07) is 3.73. The summed E-state index contributed by atoms with van der Waals surface area (Å²) in [7, 11) is 1.34. The second kappa shape index (κ2) is 7.97. The first-order valence-electron chi connectivity index (χ1n) is 10.6. The number of rotatable bonds is 5. The zero-order chi connectivity index (χ0) is 19.8. The number of benzene rings is 1. The predicted octanol–water partition coefficient (Wildman–Crippen LogP) is 3.97. The molecule has 3 heterocycles. The number of amides is 1. The van der Waals surface area contributed by atoms with Crippen LogP contribution in [0.1, 0.15) is 51.0 Å². The largest absolute Gasteiger partial charge is 0.494 e. The zero-order valence-corrected chi connectivity index (χ0v) is 16.8. The van der Waals surface area contributed by atoms with Crippen molar-refractivity contribution in [2.24, 2.45) is 11.8 Å². The number of nitrogens with zero attached hydrogens (tertiary/aromatic N) is 2. The van der Waals surface area contributed by atoms with Gasteiger partial charge in [-0.25, -0.2) is 4.39 Å². The van der Waals surface area contributed by atoms with Crippen molar-refractivity contribution in [3.05, 3.63) is 29.3 Å². The van der Waals surface area contributed by atoms with E-state index in [1.807, 2.05) is 0 Å². The molecule has 0 saturated carbocycles. The minimum absolute atomic E-state index is 0.0591. The van der Waals surface area contributed by atoms with Gasteiger partial charge in [0.15, 0.2) is 11.6 Å². The molecule has 0 N–H and O–H groups in total. The van der Waals surface area contributed by atoms with Crippen molar-refractivity contribution in [1.29, 1.82) is 0 Å². The lowest BCUT2D eigenvalue weighted by Gasteiger charge is -2.57. The summed E-state index contributed by atoms with van der Waals surface area (Å²) >= 11 is 0. The molecular formula is C22H30F2N2O2. The molecule has 0 radical (unpaired) electrons. The third kappa shape index (κ3) is 3.40. The molecule has 1 aromatic carbocycles. The predicted molar refractivity (Wildman–Crippen MR) is 103 cm³/mol. The highest BCUT2D eigenvalue weighted by Gasteiger charge is 2.48. The van der Waals surface area contributed by atoms with Gasteiger partial charge in [-0.1, -0.05) is 19.4 Å². The summed E-state index contributed by atoms with van der Waals surface area (Å²) < 4.78 is 33.5. The lowest BCUT2D eigenvalue weighted by Crippen LogP contribution is -2.64. The van der Waals surface area contributed by atoms with Crippen molar-refractivity contribution in [3.63, 3.8) is 0 Å². The molecule has 3 fully saturated rings. The van der Waals surface area contributed by atoms with Crippen molar-refractivity contribution in [2.75, 3.05) is 20.2 Å². The molecule has 0 aromatic heterocycles. The van der Waals surface area contributed by atoms with E-state index in [2.05, 4.69) is 16.7 Å². The van der Waals surface area contributed by atoms with E-state index in [4.69, 9.17) is 4.74 Å². The van der Waals surface area contributed by atoms with E-state index in [1.165, 1.54) is 13.2 Å². The molecule has 154 valence electrons. The monoisotopic (exact) mass is 392 g/mol. The van der Waals surface area contributed by atoms with Gasteiger partial charge in [-0.05, 0) is 43.6 Å². The summed E-state index contributed by atoms with van der Waals surface area (Å²) in [6.07, 6.45) is 5.95. The van der Waals surface area contributed by atoms with Gasteiger partial charge in [0.05, 0.1) is 7.11 Å². The zero-order valence-electron chi connectivity index (χ0n) is 16.8. The Morgan fingerprint density at radius 1 is 1.18 bits per heavy atom. The number of hydrogen-bond acceptors (Lipinski definition) is 3. The average Bonchev–Trinajstić information content (AvgIpc) is 2.69. The molecule has 4 nitrogen and oxygen atoms in total. The highest BCUT2D eigenvalue weighted by molar-refractivity contribution is 5.78. The van der Waals surface area contributed by atoms with Crippen LogP contribution in [-0.4, -0.2) is 48.0 Å². The van der Waals surface area contributed by atoms with Gasteiger partial charge >= 0.3 is 0 Å². The van der Waals surface area contributed by atoms with Crippen LogP contribution in [0, 0.1) is 23.5 Å². The van der Waals surface area contributed by atoms with E-state index in [0.29, 0.717) is 48.4 Å². The molecule has 3 aliphatic heterocycles. The Balaban J connectivity index is 1.55. The second-order valence-corrected chi connectivity index (χ2v) is 8.62. The number of methoxy groups -OCH3 is 1. The van der Waals surface area contributed by atoms with Gasteiger partial charge in [0.2, 0.25) is 11.7 Å². The second-order valence-electron chi connectivity index (χ2n) is 8.62. The van der Waals surface area contributed by atoms with Crippen LogP contribution in [0.25, 0.3) is 0 Å². The van der Waals surface area contributed by atoms with E-state index in [1.54, 1.807) is 6.07 Å². The summed E-state index contributed by atoms with van der Waals surface area (Å²) in [5.41, 5.74) is 0.377. The Morgan fingerprint density at radius 3 is 2.71 bits per heavy atom. The number of likely N-dealkylation sites (tertiary alicyclic amines) is 1. The first-order chi connectivity index (χ1) is 13.5. The molecule has 28 heavy (non-hydrogen) atoms. The van der Waals surface area contributed by atoms with Gasteiger partial charge in [-0.3, -0.25) is 9.69 Å². The van der Waals surface area contributed by atoms with Crippen LogP contribution in [0.2, 0.25) is 0 Å². The molecule has 1 amide bonds. The summed E-state index contributed by atoms with van der Waals surface area (Å²) in [4.78, 5) is 17.2. The average molecular weight is 392 g/mol. The molecule has 4 atom stereocenters. The van der Waals surface area contributed by atoms with E-state index in [-0.39, 0.29) is 5.75 Å². The van der Waals surface area contributed by atoms with E-state index < -0.39 is 11.6 Å². The van der Waals surface area contributed by atoms with Gasteiger partial charge < -0.3 is 9.64 Å². The number of halogens is 2. The van der Waals surface area contributed by atoms with E-state index in [9.17, 15) is 13.6 Å². The first kappa shape index (κ1) is 19.6. The highest BCUT2D eigenvalue weighted by atomic mass is 19.2. The maximum absolute atomic E-state index is 14.5. The maximum atomic E-state index is 14.5. The molecule has 3 aliphatic rings. The van der Waals surface area contributed by atoms with Gasteiger partial charge in [0, 0.05) is 43.7 Å². The third-order valence-corrected chi connectivity index (χ3v) is 6.90. The summed E-state index contributed by atoms with van der Waals surface area (Å²) in [5.74, 6) is -0.609. The van der Waals surface area contributed by atoms with Crippen LogP contribution in [0.4, 0.5) is 8.78 Å². The quantitative estimate of drug-likeness (QED) is 0.760. The van der Waals surface area contributed by atoms with Crippen molar-refractivity contribution in [2.45, 2.75) is 64.1 Å². The normalized spacial score (nSPS) is 30.3. The Kier molecular flexibility index (Phi) is 5.59. The van der Waals surface area contributed by atoms with Crippen LogP contribution < -0.4 is 4.74 Å². The number of hydrogen-bond donors (Lipinski definition) is 0. The maximum Gasteiger partial charge on any atom is 0.223 e. The van der Waals surface area contributed by atoms with Crippen molar-refractivity contribution in [3.8, 4) is 5.75 Å². The van der Waals surface area contributed by atoms with Crippen molar-refractivity contribution < 1.29 is 18.3 Å². The topological polar surface area (TPSA) is 32.8 Å². The van der Waals surface area contributed by atoms with Crippen molar-refractivity contribution in [1.82, 2.24) is 9.80 Å². The molecule has 3 saturated heterocycles. The van der Waals surface area contributed by atoms with E-state index >= 15 is 0 Å². The minimum Gasteiger partial charge on any atom is -0.494 e.